The fourth-order valence-corrected chi connectivity index (χ4v) is 3.47. The number of nitrogens with one attached hydrogen (secondary N) is 1. The monoisotopic (exact) mass is 330 g/mol. The van der Waals surface area contributed by atoms with Gasteiger partial charge < -0.3 is 10.2 Å². The Balaban J connectivity index is 1.75. The zero-order valence-corrected chi connectivity index (χ0v) is 12.5. The normalized spacial score (nSPS) is 21.0. The fourth-order valence-electron chi connectivity index (χ4n) is 3.47. The van der Waals surface area contributed by atoms with E-state index >= 15 is 0 Å². The second kappa shape index (κ2) is 5.78. The van der Waals surface area contributed by atoms with Crippen LogP contribution in [0.5, 0.6) is 0 Å². The lowest BCUT2D eigenvalue weighted by molar-refractivity contribution is -0.137. The van der Waals surface area contributed by atoms with Crippen LogP contribution >= 0.6 is 0 Å². The molecule has 2 heterocycles. The minimum absolute atomic E-state index is 0.204. The predicted molar refractivity (Wildman–Crippen MR) is 76.5 cm³/mol. The van der Waals surface area contributed by atoms with E-state index in [2.05, 4.69) is 5.32 Å². The number of rotatable bonds is 1. The standard InChI is InChI=1S/C16H18F4N2O/c17-13-8-11(7-12(9-13)16(18,19)20)14(23)22-5-2-15(3-6-22)1-4-21-10-15/h7-9,21H,1-6,10H2. The topological polar surface area (TPSA) is 32.3 Å². The van der Waals surface area contributed by atoms with Crippen molar-refractivity contribution in [3.63, 3.8) is 0 Å². The molecule has 1 aromatic rings. The van der Waals surface area contributed by atoms with Gasteiger partial charge in [-0.1, -0.05) is 0 Å². The van der Waals surface area contributed by atoms with Gasteiger partial charge in [-0.3, -0.25) is 4.79 Å². The van der Waals surface area contributed by atoms with Crippen molar-refractivity contribution in [3.05, 3.63) is 35.1 Å². The molecule has 0 unspecified atom stereocenters. The van der Waals surface area contributed by atoms with Gasteiger partial charge in [-0.05, 0) is 49.4 Å². The van der Waals surface area contributed by atoms with Gasteiger partial charge in [-0.2, -0.15) is 13.2 Å². The van der Waals surface area contributed by atoms with Crippen LogP contribution in [0.25, 0.3) is 0 Å². The molecular weight excluding hydrogens is 312 g/mol. The summed E-state index contributed by atoms with van der Waals surface area (Å²) in [5.41, 5.74) is -1.16. The van der Waals surface area contributed by atoms with Gasteiger partial charge in [-0.25, -0.2) is 4.39 Å². The number of hydrogen-bond acceptors (Lipinski definition) is 2. The minimum Gasteiger partial charge on any atom is -0.339 e. The Morgan fingerprint density at radius 3 is 2.39 bits per heavy atom. The lowest BCUT2D eigenvalue weighted by Crippen LogP contribution is -2.44. The van der Waals surface area contributed by atoms with Gasteiger partial charge >= 0.3 is 6.18 Å². The average molecular weight is 330 g/mol. The highest BCUT2D eigenvalue weighted by molar-refractivity contribution is 5.94. The molecule has 0 atom stereocenters. The molecule has 3 nitrogen and oxygen atoms in total. The van der Waals surface area contributed by atoms with E-state index in [9.17, 15) is 22.4 Å². The summed E-state index contributed by atoms with van der Waals surface area (Å²) in [6.07, 6.45) is -1.95. The second-order valence-corrected chi connectivity index (χ2v) is 6.45. The fraction of sp³-hybridized carbons (Fsp3) is 0.562. The van der Waals surface area contributed by atoms with Gasteiger partial charge in [0.2, 0.25) is 0 Å². The highest BCUT2D eigenvalue weighted by Crippen LogP contribution is 2.37. The molecule has 2 aliphatic heterocycles. The van der Waals surface area contributed by atoms with Crippen LogP contribution in [0, 0.1) is 11.2 Å². The first-order valence-corrected chi connectivity index (χ1v) is 7.67. The number of carbonyl (C=O) groups excluding carboxylic acids is 1. The van der Waals surface area contributed by atoms with Crippen LogP contribution in [0.4, 0.5) is 17.6 Å². The van der Waals surface area contributed by atoms with E-state index < -0.39 is 23.5 Å². The van der Waals surface area contributed by atoms with Crippen LogP contribution in [0.15, 0.2) is 18.2 Å². The molecule has 0 aliphatic carbocycles. The number of carbonyl (C=O) groups is 1. The summed E-state index contributed by atoms with van der Waals surface area (Å²) in [4.78, 5) is 13.9. The third-order valence-corrected chi connectivity index (χ3v) is 4.92. The van der Waals surface area contributed by atoms with Crippen molar-refractivity contribution in [2.45, 2.75) is 25.4 Å². The number of nitrogens with zero attached hydrogens (tertiary/aromatic N) is 1. The molecule has 1 N–H and O–H groups in total. The number of benzene rings is 1. The molecule has 126 valence electrons. The molecule has 2 saturated heterocycles. The SMILES string of the molecule is O=C(c1cc(F)cc(C(F)(F)F)c1)N1CCC2(CCNC2)CC1. The summed E-state index contributed by atoms with van der Waals surface area (Å²) in [6.45, 7) is 2.89. The summed E-state index contributed by atoms with van der Waals surface area (Å²) < 4.78 is 51.7. The van der Waals surface area contributed by atoms with E-state index in [-0.39, 0.29) is 11.0 Å². The van der Waals surface area contributed by atoms with Crippen LogP contribution in [-0.4, -0.2) is 37.0 Å². The first-order chi connectivity index (χ1) is 10.8. The first kappa shape index (κ1) is 16.2. The van der Waals surface area contributed by atoms with Crippen LogP contribution in [0.3, 0.4) is 0 Å². The van der Waals surface area contributed by atoms with Crippen LogP contribution in [-0.2, 0) is 6.18 Å². The Morgan fingerprint density at radius 2 is 1.83 bits per heavy atom. The lowest BCUT2D eigenvalue weighted by Gasteiger charge is -2.39. The van der Waals surface area contributed by atoms with Crippen molar-refractivity contribution >= 4 is 5.91 Å². The highest BCUT2D eigenvalue weighted by atomic mass is 19.4. The van der Waals surface area contributed by atoms with Gasteiger partial charge in [0, 0.05) is 25.2 Å². The van der Waals surface area contributed by atoms with E-state index in [4.69, 9.17) is 0 Å². The molecule has 0 saturated carbocycles. The van der Waals surface area contributed by atoms with Crippen LogP contribution in [0.2, 0.25) is 0 Å². The lowest BCUT2D eigenvalue weighted by atomic mass is 9.78. The molecule has 0 aromatic heterocycles. The Labute approximate surface area is 131 Å². The van der Waals surface area contributed by atoms with Crippen molar-refractivity contribution in [3.8, 4) is 0 Å². The predicted octanol–water partition coefficient (Wildman–Crippen LogP) is 3.06. The van der Waals surface area contributed by atoms with Crippen molar-refractivity contribution < 1.29 is 22.4 Å². The average Bonchev–Trinajstić information content (AvgIpc) is 2.94. The Kier molecular flexibility index (Phi) is 4.08. The van der Waals surface area contributed by atoms with E-state index in [0.717, 1.165) is 44.5 Å². The Hall–Kier alpha value is -1.63. The molecule has 3 rings (SSSR count). The molecular formula is C16H18F4N2O. The molecule has 0 radical (unpaired) electrons. The zero-order valence-electron chi connectivity index (χ0n) is 12.5. The molecule has 23 heavy (non-hydrogen) atoms. The van der Waals surface area contributed by atoms with Gasteiger partial charge in [0.05, 0.1) is 5.56 Å². The molecule has 2 aliphatic rings. The third kappa shape index (κ3) is 3.34. The number of alkyl halides is 3. The highest BCUT2D eigenvalue weighted by Gasteiger charge is 2.38. The summed E-state index contributed by atoms with van der Waals surface area (Å²) in [6, 6.07) is 2.01. The molecule has 7 heteroatoms. The van der Waals surface area contributed by atoms with Crippen molar-refractivity contribution in [2.75, 3.05) is 26.2 Å². The van der Waals surface area contributed by atoms with Crippen LogP contribution < -0.4 is 5.32 Å². The molecule has 0 bridgehead atoms. The van der Waals surface area contributed by atoms with Gasteiger partial charge in [0.15, 0.2) is 0 Å². The number of likely N-dealkylation sites (tertiary alicyclic amines) is 1. The zero-order chi connectivity index (χ0) is 16.7. The first-order valence-electron chi connectivity index (χ1n) is 7.67. The van der Waals surface area contributed by atoms with Gasteiger partial charge in [-0.15, -0.1) is 0 Å². The smallest absolute Gasteiger partial charge is 0.339 e. The maximum atomic E-state index is 13.4. The van der Waals surface area contributed by atoms with E-state index in [1.807, 2.05) is 0 Å². The van der Waals surface area contributed by atoms with Crippen LogP contribution in [0.1, 0.15) is 35.2 Å². The maximum Gasteiger partial charge on any atom is 0.416 e. The molecule has 1 spiro atoms. The van der Waals surface area contributed by atoms with Gasteiger partial charge in [0.25, 0.3) is 5.91 Å². The largest absolute Gasteiger partial charge is 0.416 e. The third-order valence-electron chi connectivity index (χ3n) is 4.92. The summed E-state index contributed by atoms with van der Waals surface area (Å²) in [5, 5.41) is 3.31. The van der Waals surface area contributed by atoms with Crippen molar-refractivity contribution in [1.82, 2.24) is 10.2 Å². The molecule has 1 aromatic carbocycles. The summed E-state index contributed by atoms with van der Waals surface area (Å²) >= 11 is 0. The number of amides is 1. The number of piperidine rings is 1. The van der Waals surface area contributed by atoms with Gasteiger partial charge in [0.1, 0.15) is 5.82 Å². The van der Waals surface area contributed by atoms with E-state index in [0.29, 0.717) is 19.2 Å². The summed E-state index contributed by atoms with van der Waals surface area (Å²) in [7, 11) is 0. The Morgan fingerprint density at radius 1 is 1.13 bits per heavy atom. The molecule has 1 amide bonds. The number of halogens is 4. The van der Waals surface area contributed by atoms with Crippen molar-refractivity contribution in [2.24, 2.45) is 5.41 Å². The summed E-state index contributed by atoms with van der Waals surface area (Å²) in [5.74, 6) is -1.58. The molecule has 2 fully saturated rings. The van der Waals surface area contributed by atoms with E-state index in [1.165, 1.54) is 4.90 Å². The maximum absolute atomic E-state index is 13.4. The van der Waals surface area contributed by atoms with E-state index in [1.54, 1.807) is 0 Å². The van der Waals surface area contributed by atoms with Crippen molar-refractivity contribution in [1.29, 1.82) is 0 Å². The second-order valence-electron chi connectivity index (χ2n) is 6.45. The quantitative estimate of drug-likeness (QED) is 0.803. The Bertz CT molecular complexity index is 599. The number of hydrogen-bond donors (Lipinski definition) is 1. The minimum atomic E-state index is -4.67.